The van der Waals surface area contributed by atoms with E-state index in [1.165, 1.54) is 13.0 Å². The van der Waals surface area contributed by atoms with Gasteiger partial charge in [0.05, 0.1) is 5.02 Å². The highest BCUT2D eigenvalue weighted by Crippen LogP contribution is 2.22. The van der Waals surface area contributed by atoms with Crippen molar-refractivity contribution < 1.29 is 9.90 Å². The second-order valence-electron chi connectivity index (χ2n) is 3.20. The Kier molecular flexibility index (Phi) is 4.68. The summed E-state index contributed by atoms with van der Waals surface area (Å²) in [5.74, 6) is 5.77. The van der Waals surface area contributed by atoms with Crippen LogP contribution in [0.5, 0.6) is 5.75 Å². The number of benzene rings is 1. The molecule has 0 unspecified atom stereocenters. The molecule has 0 spiro atoms. The Bertz CT molecular complexity index is 446. The average Bonchev–Trinajstić information content (AvgIpc) is 2.22. The molecule has 0 fully saturated rings. The van der Waals surface area contributed by atoms with Gasteiger partial charge in [-0.15, -0.1) is 0 Å². The number of phenols is 1. The molecule has 0 saturated heterocycles. The molecule has 1 aromatic rings. The Labute approximate surface area is 99.4 Å². The van der Waals surface area contributed by atoms with Gasteiger partial charge >= 0.3 is 0 Å². The molecule has 0 saturated carbocycles. The molecule has 0 bridgehead atoms. The molecule has 1 amide bonds. The molecule has 0 radical (unpaired) electrons. The molecule has 0 heterocycles. The van der Waals surface area contributed by atoms with Crippen LogP contribution >= 0.6 is 11.6 Å². The number of nitrogens with one attached hydrogen (secondary N) is 1. The van der Waals surface area contributed by atoms with Gasteiger partial charge in [-0.05, 0) is 18.2 Å². The highest BCUT2D eigenvalue weighted by atomic mass is 35.5. The molecule has 0 aliphatic heterocycles. The van der Waals surface area contributed by atoms with Gasteiger partial charge in [0, 0.05) is 25.5 Å². The van der Waals surface area contributed by atoms with E-state index in [-0.39, 0.29) is 16.7 Å². The van der Waals surface area contributed by atoms with E-state index in [2.05, 4.69) is 17.2 Å². The Hall–Kier alpha value is -1.66. The molecule has 1 aromatic carbocycles. The average molecular weight is 238 g/mol. The van der Waals surface area contributed by atoms with E-state index < -0.39 is 0 Å². The van der Waals surface area contributed by atoms with Gasteiger partial charge in [0.2, 0.25) is 5.91 Å². The SMILES string of the molecule is CC(=O)NCCC#Cc1ccc(O)c(Cl)c1. The third-order valence-corrected chi connectivity index (χ3v) is 2.11. The molecule has 84 valence electrons. The summed E-state index contributed by atoms with van der Waals surface area (Å²) in [7, 11) is 0. The van der Waals surface area contributed by atoms with Gasteiger partial charge in [0.25, 0.3) is 0 Å². The summed E-state index contributed by atoms with van der Waals surface area (Å²) in [5.41, 5.74) is 0.741. The van der Waals surface area contributed by atoms with Crippen molar-refractivity contribution >= 4 is 17.5 Å². The first-order chi connectivity index (χ1) is 7.59. The summed E-state index contributed by atoms with van der Waals surface area (Å²) in [6.45, 7) is 2.00. The van der Waals surface area contributed by atoms with Crippen molar-refractivity contribution in [3.05, 3.63) is 28.8 Å². The van der Waals surface area contributed by atoms with Crippen molar-refractivity contribution in [2.45, 2.75) is 13.3 Å². The van der Waals surface area contributed by atoms with Gasteiger partial charge in [0.15, 0.2) is 0 Å². The lowest BCUT2D eigenvalue weighted by molar-refractivity contribution is -0.118. The maximum absolute atomic E-state index is 10.6. The number of rotatable bonds is 2. The summed E-state index contributed by atoms with van der Waals surface area (Å²) < 4.78 is 0. The van der Waals surface area contributed by atoms with Crippen LogP contribution in [0.3, 0.4) is 0 Å². The fourth-order valence-electron chi connectivity index (χ4n) is 1.05. The minimum atomic E-state index is -0.0607. The third kappa shape index (κ3) is 4.24. The van der Waals surface area contributed by atoms with Crippen molar-refractivity contribution in [1.29, 1.82) is 0 Å². The summed E-state index contributed by atoms with van der Waals surface area (Å²) in [4.78, 5) is 10.6. The molecule has 0 aliphatic rings. The first-order valence-corrected chi connectivity index (χ1v) is 5.19. The van der Waals surface area contributed by atoms with Crippen LogP contribution in [0, 0.1) is 11.8 Å². The predicted molar refractivity (Wildman–Crippen MR) is 63.3 cm³/mol. The van der Waals surface area contributed by atoms with Gasteiger partial charge in [-0.2, -0.15) is 0 Å². The fourth-order valence-corrected chi connectivity index (χ4v) is 1.23. The van der Waals surface area contributed by atoms with Crippen molar-refractivity contribution in [1.82, 2.24) is 5.32 Å². The molecule has 3 nitrogen and oxygen atoms in total. The summed E-state index contributed by atoms with van der Waals surface area (Å²) in [6.07, 6.45) is 0.581. The van der Waals surface area contributed by atoms with Crippen molar-refractivity contribution in [2.75, 3.05) is 6.54 Å². The number of amides is 1. The van der Waals surface area contributed by atoms with Crippen molar-refractivity contribution in [2.24, 2.45) is 0 Å². The van der Waals surface area contributed by atoms with Gasteiger partial charge in [0.1, 0.15) is 5.75 Å². The quantitative estimate of drug-likeness (QED) is 0.610. The zero-order chi connectivity index (χ0) is 12.0. The molecule has 16 heavy (non-hydrogen) atoms. The highest BCUT2D eigenvalue weighted by Gasteiger charge is 1.96. The number of carbonyl (C=O) groups excluding carboxylic acids is 1. The Morgan fingerprint density at radius 2 is 2.31 bits per heavy atom. The lowest BCUT2D eigenvalue weighted by Gasteiger charge is -1.96. The van der Waals surface area contributed by atoms with Crippen LogP contribution in [0.4, 0.5) is 0 Å². The van der Waals surface area contributed by atoms with Gasteiger partial charge < -0.3 is 10.4 Å². The second-order valence-corrected chi connectivity index (χ2v) is 3.61. The van der Waals surface area contributed by atoms with Crippen LogP contribution < -0.4 is 5.32 Å². The van der Waals surface area contributed by atoms with E-state index in [9.17, 15) is 9.90 Å². The highest BCUT2D eigenvalue weighted by molar-refractivity contribution is 6.32. The van der Waals surface area contributed by atoms with Crippen molar-refractivity contribution in [3.8, 4) is 17.6 Å². The Morgan fingerprint density at radius 3 is 2.94 bits per heavy atom. The summed E-state index contributed by atoms with van der Waals surface area (Å²) >= 11 is 5.72. The zero-order valence-corrected chi connectivity index (χ0v) is 9.64. The number of halogens is 1. The molecule has 0 atom stereocenters. The Balaban J connectivity index is 2.50. The molecule has 0 aliphatic carbocycles. The minimum Gasteiger partial charge on any atom is -0.506 e. The van der Waals surface area contributed by atoms with E-state index >= 15 is 0 Å². The smallest absolute Gasteiger partial charge is 0.216 e. The molecule has 4 heteroatoms. The van der Waals surface area contributed by atoms with E-state index in [1.54, 1.807) is 12.1 Å². The first-order valence-electron chi connectivity index (χ1n) is 4.81. The predicted octanol–water partition coefficient (Wildman–Crippen LogP) is 1.92. The van der Waals surface area contributed by atoms with Gasteiger partial charge in [-0.1, -0.05) is 23.4 Å². The van der Waals surface area contributed by atoms with Crippen LogP contribution in [0.15, 0.2) is 18.2 Å². The maximum atomic E-state index is 10.6. The standard InChI is InChI=1S/C12H12ClNO2/c1-9(15)14-7-3-2-4-10-5-6-12(16)11(13)8-10/h5-6,8,16H,3,7H2,1H3,(H,14,15). The lowest BCUT2D eigenvalue weighted by atomic mass is 10.2. The molecular weight excluding hydrogens is 226 g/mol. The Morgan fingerprint density at radius 1 is 1.56 bits per heavy atom. The van der Waals surface area contributed by atoms with Crippen LogP contribution in [-0.4, -0.2) is 17.6 Å². The fraction of sp³-hybridized carbons (Fsp3) is 0.250. The second kappa shape index (κ2) is 6.04. The number of hydrogen-bond acceptors (Lipinski definition) is 2. The minimum absolute atomic E-state index is 0.0467. The van der Waals surface area contributed by atoms with Gasteiger partial charge in [-0.25, -0.2) is 0 Å². The summed E-state index contributed by atoms with van der Waals surface area (Å²) in [5, 5.41) is 12.1. The number of aromatic hydroxyl groups is 1. The van der Waals surface area contributed by atoms with Crippen LogP contribution in [-0.2, 0) is 4.79 Å². The van der Waals surface area contributed by atoms with Crippen LogP contribution in [0.2, 0.25) is 5.02 Å². The van der Waals surface area contributed by atoms with Crippen LogP contribution in [0.1, 0.15) is 18.9 Å². The van der Waals surface area contributed by atoms with E-state index in [0.717, 1.165) is 5.56 Å². The molecule has 2 N–H and O–H groups in total. The lowest BCUT2D eigenvalue weighted by Crippen LogP contribution is -2.20. The number of phenolic OH excluding ortho intramolecular Hbond substituents is 1. The van der Waals surface area contributed by atoms with Crippen LogP contribution in [0.25, 0.3) is 0 Å². The van der Waals surface area contributed by atoms with Gasteiger partial charge in [-0.3, -0.25) is 4.79 Å². The number of hydrogen-bond donors (Lipinski definition) is 2. The normalized spacial score (nSPS) is 9.12. The largest absolute Gasteiger partial charge is 0.506 e. The van der Waals surface area contributed by atoms with E-state index in [0.29, 0.717) is 13.0 Å². The first kappa shape index (κ1) is 12.4. The molecule has 0 aromatic heterocycles. The van der Waals surface area contributed by atoms with Crippen molar-refractivity contribution in [3.63, 3.8) is 0 Å². The molecular formula is C12H12ClNO2. The topological polar surface area (TPSA) is 49.3 Å². The maximum Gasteiger partial charge on any atom is 0.216 e. The third-order valence-electron chi connectivity index (χ3n) is 1.80. The monoisotopic (exact) mass is 237 g/mol. The zero-order valence-electron chi connectivity index (χ0n) is 8.88. The molecule has 1 rings (SSSR count). The van der Waals surface area contributed by atoms with E-state index in [1.807, 2.05) is 0 Å². The number of carbonyl (C=O) groups is 1. The van der Waals surface area contributed by atoms with E-state index in [4.69, 9.17) is 11.6 Å². The summed E-state index contributed by atoms with van der Waals surface area (Å²) in [6, 6.07) is 4.79.